The minimum Gasteiger partial charge on any atom is -0.462 e. The van der Waals surface area contributed by atoms with Gasteiger partial charge in [0.1, 0.15) is 22.3 Å². The largest absolute Gasteiger partial charge is 0.462 e. The molecule has 1 N–H and O–H groups in total. The molecule has 0 spiro atoms. The molecule has 8 nitrogen and oxygen atoms in total. The number of anilines is 1. The number of amides is 1. The molecule has 0 fully saturated rings. The predicted molar refractivity (Wildman–Crippen MR) is 143 cm³/mol. The fourth-order valence-electron chi connectivity index (χ4n) is 3.54. The Morgan fingerprint density at radius 2 is 1.61 bits per heavy atom. The molecule has 0 aliphatic heterocycles. The minimum atomic E-state index is -4.07. The predicted octanol–water partition coefficient (Wildman–Crippen LogP) is 5.33. The van der Waals surface area contributed by atoms with Gasteiger partial charge in [0.15, 0.2) is 0 Å². The summed E-state index contributed by atoms with van der Waals surface area (Å²) in [7, 11) is -4.07. The maximum absolute atomic E-state index is 12.8. The Morgan fingerprint density at radius 1 is 0.921 bits per heavy atom. The Labute approximate surface area is 219 Å². The summed E-state index contributed by atoms with van der Waals surface area (Å²) in [5.74, 6) is -1.03. The van der Waals surface area contributed by atoms with Crippen LogP contribution in [0.2, 0.25) is 0 Å². The zero-order valence-electron chi connectivity index (χ0n) is 20.2. The van der Waals surface area contributed by atoms with Gasteiger partial charge in [-0.05, 0) is 77.9 Å². The van der Waals surface area contributed by atoms with E-state index in [0.717, 1.165) is 10.8 Å². The monoisotopic (exact) mass is 526 g/mol. The molecule has 0 heterocycles. The van der Waals surface area contributed by atoms with E-state index >= 15 is 0 Å². The molecule has 0 atom stereocenters. The van der Waals surface area contributed by atoms with Crippen LogP contribution in [-0.2, 0) is 19.6 Å². The second kappa shape index (κ2) is 11.4. The molecule has 0 radical (unpaired) electrons. The van der Waals surface area contributed by atoms with Gasteiger partial charge in [0.2, 0.25) is 0 Å². The lowest BCUT2D eigenvalue weighted by Crippen LogP contribution is -2.13. The van der Waals surface area contributed by atoms with Crippen LogP contribution in [-0.4, -0.2) is 26.9 Å². The zero-order chi connectivity index (χ0) is 27.1. The molecule has 4 aromatic rings. The van der Waals surface area contributed by atoms with Crippen molar-refractivity contribution in [2.24, 2.45) is 0 Å². The van der Waals surface area contributed by atoms with E-state index in [4.69, 9.17) is 8.92 Å². The number of benzene rings is 4. The Balaban J connectivity index is 1.44. The van der Waals surface area contributed by atoms with Crippen LogP contribution in [0.25, 0.3) is 16.8 Å². The van der Waals surface area contributed by atoms with Crippen LogP contribution in [0.3, 0.4) is 0 Å². The highest BCUT2D eigenvalue weighted by Crippen LogP contribution is 2.23. The molecule has 0 saturated carbocycles. The summed E-state index contributed by atoms with van der Waals surface area (Å²) in [6, 6.07) is 26.0. The average molecular weight is 527 g/mol. The maximum Gasteiger partial charge on any atom is 0.339 e. The van der Waals surface area contributed by atoms with Crippen molar-refractivity contribution in [1.29, 1.82) is 5.26 Å². The topological polar surface area (TPSA) is 123 Å². The standard InChI is InChI=1S/C29H22N2O6S/c1-2-36-29(33)22-9-12-25(13-10-22)31-28(32)24(19-30)17-20-7-14-26(15-8-20)37-38(34,35)27-16-11-21-5-3-4-6-23(21)18-27/h3-18H,2H2,1H3,(H,31,32). The molecule has 0 aliphatic carbocycles. The third-order valence-electron chi connectivity index (χ3n) is 5.43. The lowest BCUT2D eigenvalue weighted by atomic mass is 10.1. The number of carbonyl (C=O) groups is 2. The average Bonchev–Trinajstić information content (AvgIpc) is 2.92. The van der Waals surface area contributed by atoms with Gasteiger partial charge in [-0.3, -0.25) is 4.79 Å². The van der Waals surface area contributed by atoms with Crippen molar-refractivity contribution in [2.75, 3.05) is 11.9 Å². The van der Waals surface area contributed by atoms with E-state index < -0.39 is 22.0 Å². The number of esters is 1. The van der Waals surface area contributed by atoms with Gasteiger partial charge in [0.25, 0.3) is 5.91 Å². The molecule has 9 heteroatoms. The maximum atomic E-state index is 12.8. The van der Waals surface area contributed by atoms with E-state index in [0.29, 0.717) is 16.8 Å². The smallest absolute Gasteiger partial charge is 0.339 e. The highest BCUT2D eigenvalue weighted by molar-refractivity contribution is 7.87. The first-order valence-electron chi connectivity index (χ1n) is 11.5. The van der Waals surface area contributed by atoms with E-state index in [2.05, 4.69) is 5.32 Å². The third kappa shape index (κ3) is 6.24. The number of carbonyl (C=O) groups excluding carboxylic acids is 2. The van der Waals surface area contributed by atoms with Crippen molar-refractivity contribution in [3.05, 3.63) is 108 Å². The molecular weight excluding hydrogens is 504 g/mol. The molecular formula is C29H22N2O6S. The van der Waals surface area contributed by atoms with Crippen LogP contribution in [0.15, 0.2) is 101 Å². The number of hydrogen-bond acceptors (Lipinski definition) is 7. The number of nitrogens with zero attached hydrogens (tertiary/aromatic N) is 1. The summed E-state index contributed by atoms with van der Waals surface area (Å²) in [5, 5.41) is 13.8. The summed E-state index contributed by atoms with van der Waals surface area (Å²) in [6.07, 6.45) is 1.37. The highest BCUT2D eigenvalue weighted by atomic mass is 32.2. The second-order valence-corrected chi connectivity index (χ2v) is 9.58. The quantitative estimate of drug-likeness (QED) is 0.142. The molecule has 38 heavy (non-hydrogen) atoms. The van der Waals surface area contributed by atoms with Crippen LogP contribution >= 0.6 is 0 Å². The first-order valence-corrected chi connectivity index (χ1v) is 12.9. The van der Waals surface area contributed by atoms with Gasteiger partial charge >= 0.3 is 16.1 Å². The molecule has 0 bridgehead atoms. The summed E-state index contributed by atoms with van der Waals surface area (Å²) in [4.78, 5) is 24.4. The van der Waals surface area contributed by atoms with Crippen molar-refractivity contribution in [2.45, 2.75) is 11.8 Å². The van der Waals surface area contributed by atoms with E-state index in [1.54, 1.807) is 19.1 Å². The number of nitrogens with one attached hydrogen (secondary N) is 1. The van der Waals surface area contributed by atoms with Gasteiger partial charge in [0.05, 0.1) is 12.2 Å². The molecule has 4 rings (SSSR count). The van der Waals surface area contributed by atoms with Crippen molar-refractivity contribution >= 4 is 44.5 Å². The second-order valence-electron chi connectivity index (χ2n) is 8.04. The summed E-state index contributed by atoms with van der Waals surface area (Å²) in [5.41, 5.74) is 1.06. The lowest BCUT2D eigenvalue weighted by Gasteiger charge is -2.08. The fraction of sp³-hybridized carbons (Fsp3) is 0.0690. The first-order chi connectivity index (χ1) is 18.3. The Hall–Kier alpha value is -4.94. The number of rotatable bonds is 8. The highest BCUT2D eigenvalue weighted by Gasteiger charge is 2.17. The van der Waals surface area contributed by atoms with Crippen molar-refractivity contribution in [1.82, 2.24) is 0 Å². The van der Waals surface area contributed by atoms with Crippen molar-refractivity contribution < 1.29 is 26.9 Å². The number of ether oxygens (including phenoxy) is 1. The third-order valence-corrected chi connectivity index (χ3v) is 6.67. The Kier molecular flexibility index (Phi) is 7.85. The van der Waals surface area contributed by atoms with Crippen LogP contribution in [0.1, 0.15) is 22.8 Å². The van der Waals surface area contributed by atoms with Gasteiger partial charge in [0, 0.05) is 5.69 Å². The van der Waals surface area contributed by atoms with E-state index in [9.17, 15) is 23.3 Å². The molecule has 190 valence electrons. The van der Waals surface area contributed by atoms with Crippen LogP contribution in [0, 0.1) is 11.3 Å². The minimum absolute atomic E-state index is 0.0268. The number of fused-ring (bicyclic) bond motifs is 1. The number of hydrogen-bond donors (Lipinski definition) is 1. The van der Waals surface area contributed by atoms with Crippen LogP contribution in [0.5, 0.6) is 5.75 Å². The molecule has 0 saturated heterocycles. The SMILES string of the molecule is CCOC(=O)c1ccc(NC(=O)C(C#N)=Cc2ccc(OS(=O)(=O)c3ccc4ccccc4c3)cc2)cc1. The van der Waals surface area contributed by atoms with Crippen LogP contribution in [0.4, 0.5) is 5.69 Å². The summed E-state index contributed by atoms with van der Waals surface area (Å²) in [6.45, 7) is 1.96. The zero-order valence-corrected chi connectivity index (χ0v) is 21.1. The van der Waals surface area contributed by atoms with Crippen LogP contribution < -0.4 is 9.50 Å². The van der Waals surface area contributed by atoms with E-state index in [-0.39, 0.29) is 22.8 Å². The van der Waals surface area contributed by atoms with Gasteiger partial charge in [-0.2, -0.15) is 13.7 Å². The molecule has 0 aromatic heterocycles. The molecule has 0 aliphatic rings. The Morgan fingerprint density at radius 3 is 2.26 bits per heavy atom. The summed E-state index contributed by atoms with van der Waals surface area (Å²) < 4.78 is 35.7. The van der Waals surface area contributed by atoms with Crippen molar-refractivity contribution in [3.63, 3.8) is 0 Å². The molecule has 4 aromatic carbocycles. The number of nitriles is 1. The van der Waals surface area contributed by atoms with Crippen molar-refractivity contribution in [3.8, 4) is 11.8 Å². The molecule has 0 unspecified atom stereocenters. The summed E-state index contributed by atoms with van der Waals surface area (Å²) >= 11 is 0. The first kappa shape index (κ1) is 26.1. The van der Waals surface area contributed by atoms with Gasteiger partial charge in [-0.1, -0.05) is 42.5 Å². The normalized spacial score (nSPS) is 11.4. The van der Waals surface area contributed by atoms with Gasteiger partial charge in [-0.15, -0.1) is 0 Å². The van der Waals surface area contributed by atoms with E-state index in [1.165, 1.54) is 60.7 Å². The van der Waals surface area contributed by atoms with Gasteiger partial charge in [-0.25, -0.2) is 4.79 Å². The molecule has 1 amide bonds. The lowest BCUT2D eigenvalue weighted by molar-refractivity contribution is -0.112. The van der Waals surface area contributed by atoms with E-state index in [1.807, 2.05) is 30.3 Å². The fourth-order valence-corrected chi connectivity index (χ4v) is 4.50. The van der Waals surface area contributed by atoms with Gasteiger partial charge < -0.3 is 14.2 Å². The Bertz CT molecular complexity index is 1670.